The molecule has 3 N–H and O–H groups in total. The molecule has 0 radical (unpaired) electrons. The average Bonchev–Trinajstić information content (AvgIpc) is 2.22. The molecule has 0 bridgehead atoms. The van der Waals surface area contributed by atoms with Gasteiger partial charge in [0.25, 0.3) is 0 Å². The van der Waals surface area contributed by atoms with E-state index >= 15 is 0 Å². The first kappa shape index (κ1) is 12.9. The molecule has 2 rings (SSSR count). The number of carbonyl (C=O) groups excluding carboxylic acids is 1. The molecule has 1 aliphatic rings. The molecule has 1 fully saturated rings. The number of nitrogens with one attached hydrogen (secondary N) is 2. The summed E-state index contributed by atoms with van der Waals surface area (Å²) in [6.45, 7) is 0. The molecule has 6 heteroatoms. The summed E-state index contributed by atoms with van der Waals surface area (Å²) in [4.78, 5) is 22.5. The molecule has 0 heterocycles. The van der Waals surface area contributed by atoms with Crippen LogP contribution in [-0.4, -0.2) is 23.1 Å². The van der Waals surface area contributed by atoms with Gasteiger partial charge in [-0.15, -0.1) is 0 Å². The number of carbonyl (C=O) groups is 2. The fraction of sp³-hybridized carbons (Fsp3) is 0.333. The number of carboxylic acids is 1. The van der Waals surface area contributed by atoms with E-state index in [0.29, 0.717) is 10.2 Å². The van der Waals surface area contributed by atoms with Gasteiger partial charge in [0, 0.05) is 16.2 Å². The van der Waals surface area contributed by atoms with Gasteiger partial charge in [-0.05, 0) is 37.5 Å². The first-order chi connectivity index (χ1) is 8.54. The minimum absolute atomic E-state index is 0.128. The quantitative estimate of drug-likeness (QED) is 0.803. The Morgan fingerprint density at radius 1 is 1.28 bits per heavy atom. The normalized spacial score (nSPS) is 14.7. The molecule has 96 valence electrons. The third kappa shape index (κ3) is 3.22. The molecule has 1 saturated carbocycles. The summed E-state index contributed by atoms with van der Waals surface area (Å²) >= 11 is 3.21. The van der Waals surface area contributed by atoms with Gasteiger partial charge in [0.15, 0.2) is 0 Å². The number of rotatable bonds is 3. The molecule has 0 aliphatic heterocycles. The highest BCUT2D eigenvalue weighted by molar-refractivity contribution is 9.10. The molecular formula is C12H13BrN2O3. The SMILES string of the molecule is O=C(Nc1cc(Br)cc(C(=O)O)c1)NC1CCC1. The van der Waals surface area contributed by atoms with Gasteiger partial charge >= 0.3 is 12.0 Å². The lowest BCUT2D eigenvalue weighted by Gasteiger charge is -2.26. The summed E-state index contributed by atoms with van der Waals surface area (Å²) in [5.41, 5.74) is 0.585. The van der Waals surface area contributed by atoms with E-state index in [4.69, 9.17) is 5.11 Å². The van der Waals surface area contributed by atoms with Crippen molar-refractivity contribution in [1.29, 1.82) is 0 Å². The van der Waals surface area contributed by atoms with Crippen molar-refractivity contribution in [2.45, 2.75) is 25.3 Å². The van der Waals surface area contributed by atoms with Crippen LogP contribution in [0.5, 0.6) is 0 Å². The minimum Gasteiger partial charge on any atom is -0.478 e. The average molecular weight is 313 g/mol. The molecule has 1 aromatic rings. The summed E-state index contributed by atoms with van der Waals surface area (Å²) in [6, 6.07) is 4.52. The zero-order valence-electron chi connectivity index (χ0n) is 9.57. The zero-order valence-corrected chi connectivity index (χ0v) is 11.2. The van der Waals surface area contributed by atoms with Crippen LogP contribution in [0.25, 0.3) is 0 Å². The highest BCUT2D eigenvalue weighted by Crippen LogP contribution is 2.21. The number of amides is 2. The molecule has 0 unspecified atom stereocenters. The monoisotopic (exact) mass is 312 g/mol. The van der Waals surface area contributed by atoms with Gasteiger partial charge in [-0.25, -0.2) is 9.59 Å². The van der Waals surface area contributed by atoms with Gasteiger partial charge in [0.05, 0.1) is 5.56 Å². The Labute approximate surface area is 113 Å². The Bertz CT molecular complexity index is 486. The number of anilines is 1. The van der Waals surface area contributed by atoms with Crippen LogP contribution in [0.15, 0.2) is 22.7 Å². The van der Waals surface area contributed by atoms with E-state index in [9.17, 15) is 9.59 Å². The molecule has 2 amide bonds. The number of hydrogen-bond acceptors (Lipinski definition) is 2. The Balaban J connectivity index is 2.03. The topological polar surface area (TPSA) is 78.4 Å². The van der Waals surface area contributed by atoms with Crippen LogP contribution < -0.4 is 10.6 Å². The van der Waals surface area contributed by atoms with Crippen LogP contribution in [0.1, 0.15) is 29.6 Å². The smallest absolute Gasteiger partial charge is 0.335 e. The van der Waals surface area contributed by atoms with Crippen molar-refractivity contribution < 1.29 is 14.7 Å². The van der Waals surface area contributed by atoms with E-state index in [0.717, 1.165) is 19.3 Å². The molecule has 5 nitrogen and oxygen atoms in total. The van der Waals surface area contributed by atoms with Crippen molar-refractivity contribution in [1.82, 2.24) is 5.32 Å². The first-order valence-corrected chi connectivity index (χ1v) is 6.45. The summed E-state index contributed by atoms with van der Waals surface area (Å²) < 4.78 is 0.612. The Morgan fingerprint density at radius 2 is 2.00 bits per heavy atom. The number of carboxylic acid groups (broad SMARTS) is 1. The van der Waals surface area contributed by atoms with Crippen molar-refractivity contribution in [3.05, 3.63) is 28.2 Å². The van der Waals surface area contributed by atoms with Crippen LogP contribution in [0.2, 0.25) is 0 Å². The number of halogens is 1. The van der Waals surface area contributed by atoms with Gasteiger partial charge in [-0.3, -0.25) is 0 Å². The fourth-order valence-electron chi connectivity index (χ4n) is 1.69. The highest BCUT2D eigenvalue weighted by atomic mass is 79.9. The van der Waals surface area contributed by atoms with Crippen LogP contribution in [0, 0.1) is 0 Å². The van der Waals surface area contributed by atoms with Gasteiger partial charge in [0.2, 0.25) is 0 Å². The maximum absolute atomic E-state index is 11.6. The summed E-state index contributed by atoms with van der Waals surface area (Å²) in [6.07, 6.45) is 3.16. The third-order valence-electron chi connectivity index (χ3n) is 2.84. The molecular weight excluding hydrogens is 300 g/mol. The predicted octanol–water partition coefficient (Wildman–Crippen LogP) is 2.82. The second-order valence-corrected chi connectivity index (χ2v) is 5.18. The predicted molar refractivity (Wildman–Crippen MR) is 70.9 cm³/mol. The van der Waals surface area contributed by atoms with Gasteiger partial charge in [-0.2, -0.15) is 0 Å². The van der Waals surface area contributed by atoms with Crippen molar-refractivity contribution in [2.75, 3.05) is 5.32 Å². The van der Waals surface area contributed by atoms with Crippen LogP contribution >= 0.6 is 15.9 Å². The van der Waals surface area contributed by atoms with Crippen LogP contribution in [0.4, 0.5) is 10.5 Å². The van der Waals surface area contributed by atoms with Gasteiger partial charge in [0.1, 0.15) is 0 Å². The number of aromatic carboxylic acids is 1. The van der Waals surface area contributed by atoms with E-state index in [1.54, 1.807) is 6.07 Å². The molecule has 0 spiro atoms. The lowest BCUT2D eigenvalue weighted by atomic mass is 9.93. The second kappa shape index (κ2) is 5.39. The molecule has 18 heavy (non-hydrogen) atoms. The fourth-order valence-corrected chi connectivity index (χ4v) is 2.18. The second-order valence-electron chi connectivity index (χ2n) is 4.26. The maximum atomic E-state index is 11.6. The van der Waals surface area contributed by atoms with E-state index in [2.05, 4.69) is 26.6 Å². The van der Waals surface area contributed by atoms with Crippen molar-refractivity contribution in [3.8, 4) is 0 Å². The van der Waals surface area contributed by atoms with Crippen molar-refractivity contribution in [3.63, 3.8) is 0 Å². The van der Waals surface area contributed by atoms with Crippen LogP contribution in [-0.2, 0) is 0 Å². The molecule has 1 aliphatic carbocycles. The molecule has 0 saturated heterocycles. The highest BCUT2D eigenvalue weighted by Gasteiger charge is 2.19. The number of benzene rings is 1. The standard InChI is InChI=1S/C12H13BrN2O3/c13-8-4-7(11(16)17)5-10(6-8)15-12(18)14-9-2-1-3-9/h4-6,9H,1-3H2,(H,16,17)(H2,14,15,18). The van der Waals surface area contributed by atoms with E-state index in [-0.39, 0.29) is 17.6 Å². The Hall–Kier alpha value is -1.56. The number of urea groups is 1. The largest absolute Gasteiger partial charge is 0.478 e. The van der Waals surface area contributed by atoms with Crippen molar-refractivity contribution >= 4 is 33.6 Å². The first-order valence-electron chi connectivity index (χ1n) is 5.66. The van der Waals surface area contributed by atoms with Gasteiger partial charge < -0.3 is 15.7 Å². The Morgan fingerprint density at radius 3 is 2.56 bits per heavy atom. The maximum Gasteiger partial charge on any atom is 0.335 e. The molecule has 0 aromatic heterocycles. The minimum atomic E-state index is -1.03. The molecule has 0 atom stereocenters. The molecule has 1 aromatic carbocycles. The lowest BCUT2D eigenvalue weighted by molar-refractivity contribution is 0.0697. The summed E-state index contributed by atoms with van der Waals surface area (Å²) in [5, 5.41) is 14.4. The van der Waals surface area contributed by atoms with E-state index < -0.39 is 5.97 Å². The summed E-state index contributed by atoms with van der Waals surface area (Å²) in [5.74, 6) is -1.03. The summed E-state index contributed by atoms with van der Waals surface area (Å²) in [7, 11) is 0. The number of hydrogen-bond donors (Lipinski definition) is 3. The third-order valence-corrected chi connectivity index (χ3v) is 3.30. The van der Waals surface area contributed by atoms with E-state index in [1.807, 2.05) is 0 Å². The van der Waals surface area contributed by atoms with Gasteiger partial charge in [-0.1, -0.05) is 15.9 Å². The zero-order chi connectivity index (χ0) is 13.1. The van der Waals surface area contributed by atoms with Crippen LogP contribution in [0.3, 0.4) is 0 Å². The van der Waals surface area contributed by atoms with Crippen molar-refractivity contribution in [2.24, 2.45) is 0 Å². The Kier molecular flexibility index (Phi) is 3.86. The van der Waals surface area contributed by atoms with E-state index in [1.165, 1.54) is 12.1 Å². The lowest BCUT2D eigenvalue weighted by Crippen LogP contribution is -2.41.